The second-order valence-corrected chi connectivity index (χ2v) is 10.2. The highest BCUT2D eigenvalue weighted by Crippen LogP contribution is 2.41. The Labute approximate surface area is 207 Å². The van der Waals surface area contributed by atoms with Crippen LogP contribution in [0.5, 0.6) is 0 Å². The molecule has 0 spiro atoms. The molecule has 1 aliphatic carbocycles. The van der Waals surface area contributed by atoms with Crippen molar-refractivity contribution in [3.8, 4) is 5.69 Å². The number of hydrogen-bond donors (Lipinski definition) is 1. The van der Waals surface area contributed by atoms with E-state index in [9.17, 15) is 9.59 Å². The molecule has 0 fully saturated rings. The van der Waals surface area contributed by atoms with E-state index in [1.165, 1.54) is 33.5 Å². The lowest BCUT2D eigenvalue weighted by Crippen LogP contribution is -2.18. The Morgan fingerprint density at radius 2 is 2.03 bits per heavy atom. The van der Waals surface area contributed by atoms with Crippen molar-refractivity contribution in [3.05, 3.63) is 45.8 Å². The molecule has 0 radical (unpaired) electrons. The summed E-state index contributed by atoms with van der Waals surface area (Å²) in [4.78, 5) is 26.8. The number of carbonyl (C=O) groups excluding carboxylic acids is 2. The van der Waals surface area contributed by atoms with Crippen molar-refractivity contribution in [2.24, 2.45) is 5.92 Å². The van der Waals surface area contributed by atoms with Crippen LogP contribution < -0.4 is 5.32 Å². The van der Waals surface area contributed by atoms with Crippen molar-refractivity contribution in [1.29, 1.82) is 0 Å². The summed E-state index contributed by atoms with van der Waals surface area (Å²) in [5.41, 5.74) is 3.63. The number of nitrogens with zero attached hydrogens (tertiary/aromatic N) is 4. The van der Waals surface area contributed by atoms with Crippen molar-refractivity contribution in [2.45, 2.75) is 58.0 Å². The van der Waals surface area contributed by atoms with E-state index in [1.54, 1.807) is 11.6 Å². The quantitative estimate of drug-likeness (QED) is 0.336. The SMILES string of the molecule is CCOC(=O)c1c(NC(=O)CSc2nnnn2-c2ccc(CC)cc2)sc2c1CC[C@@H](CC)C2. The minimum Gasteiger partial charge on any atom is -0.462 e. The number of aromatic nitrogens is 4. The average Bonchev–Trinajstić information content (AvgIpc) is 3.46. The number of nitrogens with one attached hydrogen (secondary N) is 1. The zero-order valence-corrected chi connectivity index (χ0v) is 21.3. The molecule has 0 unspecified atom stereocenters. The summed E-state index contributed by atoms with van der Waals surface area (Å²) in [7, 11) is 0. The third-order valence-corrected chi connectivity index (χ3v) is 8.13. The maximum absolute atomic E-state index is 12.8. The Kier molecular flexibility index (Phi) is 7.99. The Balaban J connectivity index is 1.47. The maximum atomic E-state index is 12.8. The van der Waals surface area contributed by atoms with Gasteiger partial charge in [0.2, 0.25) is 11.1 Å². The Hall–Kier alpha value is -2.72. The van der Waals surface area contributed by atoms with Gasteiger partial charge in [-0.25, -0.2) is 4.79 Å². The third kappa shape index (κ3) is 5.33. The normalized spacial score (nSPS) is 15.1. The number of amides is 1. The van der Waals surface area contributed by atoms with E-state index < -0.39 is 0 Å². The van der Waals surface area contributed by atoms with Crippen molar-refractivity contribution >= 4 is 40.0 Å². The third-order valence-electron chi connectivity index (χ3n) is 6.04. The fraction of sp³-hybridized carbons (Fsp3) is 0.458. The summed E-state index contributed by atoms with van der Waals surface area (Å²) < 4.78 is 6.93. The van der Waals surface area contributed by atoms with Crippen LogP contribution in [-0.4, -0.2) is 44.4 Å². The zero-order valence-electron chi connectivity index (χ0n) is 19.7. The summed E-state index contributed by atoms with van der Waals surface area (Å²) in [6.45, 7) is 6.39. The molecule has 10 heteroatoms. The summed E-state index contributed by atoms with van der Waals surface area (Å²) in [6.07, 6.45) is 4.91. The predicted octanol–water partition coefficient (Wildman–Crippen LogP) is 4.71. The molecular formula is C24H29N5O3S2. The minimum atomic E-state index is -0.364. The molecule has 180 valence electrons. The maximum Gasteiger partial charge on any atom is 0.341 e. The molecule has 0 saturated heterocycles. The minimum absolute atomic E-state index is 0.121. The van der Waals surface area contributed by atoms with Crippen molar-refractivity contribution in [2.75, 3.05) is 17.7 Å². The first-order valence-electron chi connectivity index (χ1n) is 11.7. The first-order chi connectivity index (χ1) is 16.5. The number of hydrogen-bond acceptors (Lipinski definition) is 8. The van der Waals surface area contributed by atoms with E-state index in [2.05, 4.69) is 34.7 Å². The lowest BCUT2D eigenvalue weighted by atomic mass is 9.85. The molecule has 1 aromatic carbocycles. The number of aryl methyl sites for hydroxylation is 1. The van der Waals surface area contributed by atoms with Gasteiger partial charge in [-0.05, 0) is 72.2 Å². The molecule has 0 saturated carbocycles. The van der Waals surface area contributed by atoms with Gasteiger partial charge in [-0.1, -0.05) is 44.2 Å². The van der Waals surface area contributed by atoms with Gasteiger partial charge in [-0.3, -0.25) is 4.79 Å². The average molecular weight is 500 g/mol. The van der Waals surface area contributed by atoms with Crippen LogP contribution in [0.1, 0.15) is 60.0 Å². The molecule has 1 amide bonds. The second-order valence-electron chi connectivity index (χ2n) is 8.18. The van der Waals surface area contributed by atoms with E-state index in [1.807, 2.05) is 24.3 Å². The van der Waals surface area contributed by atoms with Gasteiger partial charge < -0.3 is 10.1 Å². The summed E-state index contributed by atoms with van der Waals surface area (Å²) in [6, 6.07) is 8.00. The summed E-state index contributed by atoms with van der Waals surface area (Å²) >= 11 is 2.76. The highest BCUT2D eigenvalue weighted by atomic mass is 32.2. The highest BCUT2D eigenvalue weighted by molar-refractivity contribution is 7.99. The number of benzene rings is 1. The fourth-order valence-electron chi connectivity index (χ4n) is 4.11. The van der Waals surface area contributed by atoms with Gasteiger partial charge in [0.1, 0.15) is 5.00 Å². The van der Waals surface area contributed by atoms with Crippen LogP contribution in [0.4, 0.5) is 5.00 Å². The molecule has 8 nitrogen and oxygen atoms in total. The zero-order chi connectivity index (χ0) is 24.1. The van der Waals surface area contributed by atoms with Gasteiger partial charge in [0.25, 0.3) is 0 Å². The Morgan fingerprint density at radius 3 is 2.74 bits per heavy atom. The van der Waals surface area contributed by atoms with E-state index >= 15 is 0 Å². The molecule has 0 bridgehead atoms. The van der Waals surface area contributed by atoms with Crippen LogP contribution in [0.2, 0.25) is 0 Å². The Bertz CT molecular complexity index is 1160. The molecule has 1 N–H and O–H groups in total. The number of rotatable bonds is 9. The Morgan fingerprint density at radius 1 is 1.24 bits per heavy atom. The van der Waals surface area contributed by atoms with Gasteiger partial charge in [-0.15, -0.1) is 16.4 Å². The highest BCUT2D eigenvalue weighted by Gasteiger charge is 2.30. The summed E-state index contributed by atoms with van der Waals surface area (Å²) in [5, 5.41) is 16.0. The number of thiophene rings is 1. The van der Waals surface area contributed by atoms with Crippen LogP contribution in [0.3, 0.4) is 0 Å². The van der Waals surface area contributed by atoms with Gasteiger partial charge in [0, 0.05) is 4.88 Å². The van der Waals surface area contributed by atoms with E-state index in [0.29, 0.717) is 28.2 Å². The molecular weight excluding hydrogens is 470 g/mol. The molecule has 34 heavy (non-hydrogen) atoms. The van der Waals surface area contributed by atoms with Crippen LogP contribution in [-0.2, 0) is 28.8 Å². The number of anilines is 1. The number of fused-ring (bicyclic) bond motifs is 1. The van der Waals surface area contributed by atoms with E-state index in [-0.39, 0.29) is 17.6 Å². The molecule has 2 heterocycles. The van der Waals surface area contributed by atoms with E-state index in [4.69, 9.17) is 4.74 Å². The van der Waals surface area contributed by atoms with Crippen LogP contribution >= 0.6 is 23.1 Å². The smallest absolute Gasteiger partial charge is 0.341 e. The second kappa shape index (κ2) is 11.1. The number of tetrazole rings is 1. The molecule has 3 aromatic rings. The molecule has 2 aromatic heterocycles. The lowest BCUT2D eigenvalue weighted by Gasteiger charge is -2.20. The first-order valence-corrected chi connectivity index (χ1v) is 13.5. The van der Waals surface area contributed by atoms with Crippen molar-refractivity contribution in [3.63, 3.8) is 0 Å². The fourth-order valence-corrected chi connectivity index (χ4v) is 6.16. The number of carbonyl (C=O) groups is 2. The predicted molar refractivity (Wildman–Crippen MR) is 134 cm³/mol. The van der Waals surface area contributed by atoms with Gasteiger partial charge in [0.15, 0.2) is 0 Å². The van der Waals surface area contributed by atoms with Crippen LogP contribution in [0.25, 0.3) is 5.69 Å². The largest absolute Gasteiger partial charge is 0.462 e. The van der Waals surface area contributed by atoms with Gasteiger partial charge >= 0.3 is 5.97 Å². The van der Waals surface area contributed by atoms with Crippen LogP contribution in [0, 0.1) is 5.92 Å². The number of thioether (sulfide) groups is 1. The number of ether oxygens (including phenoxy) is 1. The topological polar surface area (TPSA) is 99.0 Å². The van der Waals surface area contributed by atoms with Crippen molar-refractivity contribution in [1.82, 2.24) is 20.2 Å². The van der Waals surface area contributed by atoms with Crippen molar-refractivity contribution < 1.29 is 14.3 Å². The lowest BCUT2D eigenvalue weighted by molar-refractivity contribution is -0.113. The van der Waals surface area contributed by atoms with Gasteiger partial charge in [0.05, 0.1) is 23.6 Å². The van der Waals surface area contributed by atoms with Gasteiger partial charge in [-0.2, -0.15) is 4.68 Å². The molecule has 1 aliphatic rings. The van der Waals surface area contributed by atoms with E-state index in [0.717, 1.165) is 43.4 Å². The summed E-state index contributed by atoms with van der Waals surface area (Å²) in [5.74, 6) is 0.163. The molecule has 4 rings (SSSR count). The number of esters is 1. The first kappa shape index (κ1) is 24.4. The standard InChI is InChI=1S/C24H29N5O3S2/c1-4-15-7-10-17(11-8-15)29-24(26-27-28-29)33-14-20(30)25-22-21(23(31)32-6-3)18-12-9-16(5-2)13-19(18)34-22/h7-8,10-11,16H,4-6,9,12-14H2,1-3H3,(H,25,30)/t16-/m1/s1. The monoisotopic (exact) mass is 499 g/mol. The molecule has 0 aliphatic heterocycles. The van der Waals surface area contributed by atoms with Crippen LogP contribution in [0.15, 0.2) is 29.4 Å². The molecule has 1 atom stereocenters.